The molecule has 1 amide bonds. The van der Waals surface area contributed by atoms with Gasteiger partial charge in [0.05, 0.1) is 21.0 Å². The fourth-order valence-electron chi connectivity index (χ4n) is 2.67. The average molecular weight is 466 g/mol. The van der Waals surface area contributed by atoms with Crippen LogP contribution in [0.5, 0.6) is 0 Å². The minimum Gasteiger partial charge on any atom is -0.342 e. The Bertz CT molecular complexity index is 1090. The molecule has 156 valence electrons. The van der Waals surface area contributed by atoms with Gasteiger partial charge < -0.3 is 9.88 Å². The minimum absolute atomic E-state index is 0.0521. The standard InChI is InChI=1S/C19H17Cl2N5O3S/c1-11(22-18(27)13-5-8-15(20)16(21)9-13)17-23-24-19(25(17)2)30-10-12-3-6-14(7-4-12)26(28)29/h3-9,11H,10H2,1-2H3,(H,22,27)/t11-/m0/s1. The number of amides is 1. The summed E-state index contributed by atoms with van der Waals surface area (Å²) in [4.78, 5) is 22.8. The van der Waals surface area contributed by atoms with Crippen LogP contribution in [0.25, 0.3) is 0 Å². The summed E-state index contributed by atoms with van der Waals surface area (Å²) in [5.41, 5.74) is 1.37. The molecule has 11 heteroatoms. The molecule has 1 atom stereocenters. The highest BCUT2D eigenvalue weighted by molar-refractivity contribution is 7.98. The summed E-state index contributed by atoms with van der Waals surface area (Å²) in [6.45, 7) is 1.81. The predicted molar refractivity (Wildman–Crippen MR) is 116 cm³/mol. The highest BCUT2D eigenvalue weighted by atomic mass is 35.5. The predicted octanol–water partition coefficient (Wildman–Crippen LogP) is 4.81. The summed E-state index contributed by atoms with van der Waals surface area (Å²) >= 11 is 13.3. The Labute approximate surface area is 186 Å². The van der Waals surface area contributed by atoms with E-state index in [2.05, 4.69) is 15.5 Å². The van der Waals surface area contributed by atoms with Crippen molar-refractivity contribution in [1.29, 1.82) is 0 Å². The van der Waals surface area contributed by atoms with E-state index in [0.717, 1.165) is 5.56 Å². The molecular weight excluding hydrogens is 449 g/mol. The first-order valence-corrected chi connectivity index (χ1v) is 10.5. The van der Waals surface area contributed by atoms with E-state index in [9.17, 15) is 14.9 Å². The molecule has 0 radical (unpaired) electrons. The summed E-state index contributed by atoms with van der Waals surface area (Å²) in [6, 6.07) is 10.6. The zero-order chi connectivity index (χ0) is 21.8. The van der Waals surface area contributed by atoms with Crippen molar-refractivity contribution in [2.24, 2.45) is 7.05 Å². The quantitative estimate of drug-likeness (QED) is 0.305. The van der Waals surface area contributed by atoms with E-state index in [1.165, 1.54) is 30.0 Å². The summed E-state index contributed by atoms with van der Waals surface area (Å²) < 4.78 is 1.80. The third-order valence-electron chi connectivity index (χ3n) is 4.30. The van der Waals surface area contributed by atoms with Gasteiger partial charge in [-0.05, 0) is 30.7 Å². The molecule has 1 aromatic heterocycles. The molecule has 0 saturated carbocycles. The highest BCUT2D eigenvalue weighted by Gasteiger charge is 2.19. The lowest BCUT2D eigenvalue weighted by Gasteiger charge is -2.14. The van der Waals surface area contributed by atoms with Crippen LogP contribution in [0.4, 0.5) is 5.69 Å². The van der Waals surface area contributed by atoms with Gasteiger partial charge in [-0.2, -0.15) is 0 Å². The van der Waals surface area contributed by atoms with Crippen molar-refractivity contribution in [2.45, 2.75) is 23.9 Å². The second-order valence-electron chi connectivity index (χ2n) is 6.44. The van der Waals surface area contributed by atoms with E-state index in [0.29, 0.717) is 32.3 Å². The van der Waals surface area contributed by atoms with Crippen LogP contribution in [0.3, 0.4) is 0 Å². The van der Waals surface area contributed by atoms with Gasteiger partial charge in [-0.25, -0.2) is 0 Å². The number of thioether (sulfide) groups is 1. The zero-order valence-electron chi connectivity index (χ0n) is 16.0. The molecule has 0 spiro atoms. The van der Waals surface area contributed by atoms with Crippen LogP contribution < -0.4 is 5.32 Å². The number of hydrogen-bond donors (Lipinski definition) is 1. The van der Waals surface area contributed by atoms with E-state index in [1.54, 1.807) is 28.8 Å². The zero-order valence-corrected chi connectivity index (χ0v) is 18.3. The van der Waals surface area contributed by atoms with Gasteiger partial charge in [-0.3, -0.25) is 14.9 Å². The Morgan fingerprint density at radius 1 is 1.20 bits per heavy atom. The maximum absolute atomic E-state index is 12.5. The molecule has 1 N–H and O–H groups in total. The monoisotopic (exact) mass is 465 g/mol. The highest BCUT2D eigenvalue weighted by Crippen LogP contribution is 2.25. The fourth-order valence-corrected chi connectivity index (χ4v) is 3.84. The molecule has 1 heterocycles. The van der Waals surface area contributed by atoms with E-state index in [4.69, 9.17) is 23.2 Å². The first-order valence-electron chi connectivity index (χ1n) is 8.77. The van der Waals surface area contributed by atoms with Crippen molar-refractivity contribution in [3.63, 3.8) is 0 Å². The Morgan fingerprint density at radius 2 is 1.90 bits per heavy atom. The molecule has 0 bridgehead atoms. The van der Waals surface area contributed by atoms with Gasteiger partial charge in [0.15, 0.2) is 11.0 Å². The maximum atomic E-state index is 12.5. The third kappa shape index (κ3) is 5.10. The van der Waals surface area contributed by atoms with Crippen molar-refractivity contribution < 1.29 is 9.72 Å². The number of carbonyl (C=O) groups is 1. The van der Waals surface area contributed by atoms with E-state index in [-0.39, 0.29) is 11.6 Å². The van der Waals surface area contributed by atoms with Crippen molar-refractivity contribution in [2.75, 3.05) is 0 Å². The fraction of sp³-hybridized carbons (Fsp3) is 0.211. The van der Waals surface area contributed by atoms with Gasteiger partial charge in [0, 0.05) is 30.5 Å². The van der Waals surface area contributed by atoms with Crippen LogP contribution in [0.15, 0.2) is 47.6 Å². The van der Waals surface area contributed by atoms with Gasteiger partial charge in [-0.1, -0.05) is 47.1 Å². The number of nitro benzene ring substituents is 1. The summed E-state index contributed by atoms with van der Waals surface area (Å²) in [7, 11) is 1.81. The lowest BCUT2D eigenvalue weighted by molar-refractivity contribution is -0.384. The van der Waals surface area contributed by atoms with Gasteiger partial charge in [0.1, 0.15) is 0 Å². The lowest BCUT2D eigenvalue weighted by atomic mass is 10.2. The number of nitrogens with zero attached hydrogens (tertiary/aromatic N) is 4. The largest absolute Gasteiger partial charge is 0.342 e. The van der Waals surface area contributed by atoms with Gasteiger partial charge in [-0.15, -0.1) is 10.2 Å². The lowest BCUT2D eigenvalue weighted by Crippen LogP contribution is -2.28. The summed E-state index contributed by atoms with van der Waals surface area (Å²) in [6.07, 6.45) is 0. The Hall–Kier alpha value is -2.62. The molecule has 3 aromatic rings. The molecule has 0 fully saturated rings. The minimum atomic E-state index is -0.431. The van der Waals surface area contributed by atoms with Crippen LogP contribution in [-0.4, -0.2) is 25.6 Å². The number of nitrogens with one attached hydrogen (secondary N) is 1. The van der Waals surface area contributed by atoms with Crippen molar-refractivity contribution in [1.82, 2.24) is 20.1 Å². The SMILES string of the molecule is C[C@H](NC(=O)c1ccc(Cl)c(Cl)c1)c1nnc(SCc2ccc([N+](=O)[O-])cc2)n1C. The molecule has 0 aliphatic rings. The molecule has 0 aliphatic carbocycles. The first kappa shape index (κ1) is 22.1. The number of benzene rings is 2. The summed E-state index contributed by atoms with van der Waals surface area (Å²) in [5, 5.41) is 23.3. The number of hydrogen-bond acceptors (Lipinski definition) is 6. The van der Waals surface area contributed by atoms with Crippen molar-refractivity contribution in [3.05, 3.63) is 79.6 Å². The third-order valence-corrected chi connectivity index (χ3v) is 6.13. The number of rotatable bonds is 7. The van der Waals surface area contributed by atoms with Crippen molar-refractivity contribution in [3.8, 4) is 0 Å². The summed E-state index contributed by atoms with van der Waals surface area (Å²) in [5.74, 6) is 0.868. The number of halogens is 2. The number of non-ortho nitro benzene ring substituents is 1. The molecule has 2 aromatic carbocycles. The molecule has 0 unspecified atom stereocenters. The topological polar surface area (TPSA) is 103 Å². The molecule has 8 nitrogen and oxygen atoms in total. The van der Waals surface area contributed by atoms with Crippen LogP contribution in [0.1, 0.15) is 34.7 Å². The molecule has 0 saturated heterocycles. The first-order chi connectivity index (χ1) is 14.3. The van der Waals surface area contributed by atoms with Crippen LogP contribution in [0.2, 0.25) is 10.0 Å². The van der Waals surface area contributed by atoms with Gasteiger partial charge >= 0.3 is 0 Å². The average Bonchev–Trinajstić information content (AvgIpc) is 3.09. The Morgan fingerprint density at radius 3 is 2.53 bits per heavy atom. The van der Waals surface area contributed by atoms with Crippen LogP contribution in [0, 0.1) is 10.1 Å². The van der Waals surface area contributed by atoms with E-state index < -0.39 is 11.0 Å². The van der Waals surface area contributed by atoms with Crippen LogP contribution >= 0.6 is 35.0 Å². The Kier molecular flexibility index (Phi) is 6.96. The van der Waals surface area contributed by atoms with Crippen molar-refractivity contribution >= 4 is 46.6 Å². The Balaban J connectivity index is 1.64. The maximum Gasteiger partial charge on any atom is 0.269 e. The normalized spacial score (nSPS) is 11.9. The number of aromatic nitrogens is 3. The molecule has 0 aliphatic heterocycles. The number of nitro groups is 1. The van der Waals surface area contributed by atoms with E-state index in [1.807, 2.05) is 14.0 Å². The molecular formula is C19H17Cl2N5O3S. The number of carbonyl (C=O) groups excluding carboxylic acids is 1. The molecule has 3 rings (SSSR count). The second kappa shape index (κ2) is 9.46. The second-order valence-corrected chi connectivity index (χ2v) is 8.19. The van der Waals surface area contributed by atoms with Gasteiger partial charge in [0.2, 0.25) is 0 Å². The van der Waals surface area contributed by atoms with Crippen LogP contribution in [-0.2, 0) is 12.8 Å². The smallest absolute Gasteiger partial charge is 0.269 e. The van der Waals surface area contributed by atoms with Gasteiger partial charge in [0.25, 0.3) is 11.6 Å². The van der Waals surface area contributed by atoms with E-state index >= 15 is 0 Å². The molecule has 30 heavy (non-hydrogen) atoms.